The summed E-state index contributed by atoms with van der Waals surface area (Å²) < 4.78 is 0. The van der Waals surface area contributed by atoms with Crippen LogP contribution in [0.25, 0.3) is 0 Å². The Balaban J connectivity index is 1.02. The normalized spacial score (nSPS) is 53.0. The van der Waals surface area contributed by atoms with Gasteiger partial charge in [0.2, 0.25) is 0 Å². The third-order valence-corrected chi connectivity index (χ3v) is 10.1. The molecule has 3 spiro atoms. The fraction of sp³-hybridized carbons (Fsp3) is 1.00. The van der Waals surface area contributed by atoms with E-state index in [0.29, 0.717) is 16.6 Å². The summed E-state index contributed by atoms with van der Waals surface area (Å²) in [5.41, 5.74) is 1.67. The first-order valence-electron chi connectivity index (χ1n) is 12.4. The third kappa shape index (κ3) is 2.94. The molecule has 3 saturated heterocycles. The molecule has 152 valence electrons. The van der Waals surface area contributed by atoms with Gasteiger partial charge in [-0.05, 0) is 102 Å². The van der Waals surface area contributed by atoms with Gasteiger partial charge in [-0.25, -0.2) is 0 Å². The number of hydrogen-bond donors (Lipinski definition) is 3. The molecule has 7 atom stereocenters. The van der Waals surface area contributed by atoms with E-state index in [1.807, 2.05) is 0 Å². The largest absolute Gasteiger partial charge is 0.308 e. The molecule has 0 aromatic rings. The van der Waals surface area contributed by atoms with Crippen LogP contribution in [0.15, 0.2) is 0 Å². The van der Waals surface area contributed by atoms with Gasteiger partial charge in [-0.1, -0.05) is 12.8 Å². The topological polar surface area (TPSA) is 36.1 Å². The van der Waals surface area contributed by atoms with E-state index in [0.717, 1.165) is 30.0 Å². The average molecular weight is 372 g/mol. The molecular formula is C24H41N3. The maximum atomic E-state index is 4.22. The zero-order valence-corrected chi connectivity index (χ0v) is 17.5. The minimum absolute atomic E-state index is 0.538. The zero-order valence-electron chi connectivity index (χ0n) is 17.5. The van der Waals surface area contributed by atoms with Gasteiger partial charge in [-0.3, -0.25) is 0 Å². The lowest BCUT2D eigenvalue weighted by Gasteiger charge is -2.49. The van der Waals surface area contributed by atoms with Gasteiger partial charge < -0.3 is 16.0 Å². The molecule has 3 saturated carbocycles. The van der Waals surface area contributed by atoms with E-state index in [9.17, 15) is 0 Å². The Kier molecular flexibility index (Phi) is 4.06. The van der Waals surface area contributed by atoms with E-state index < -0.39 is 0 Å². The summed E-state index contributed by atoms with van der Waals surface area (Å²) in [6.07, 6.45) is 21.8. The summed E-state index contributed by atoms with van der Waals surface area (Å²) in [5, 5.41) is 12.3. The van der Waals surface area contributed by atoms with Crippen LogP contribution in [0.5, 0.6) is 0 Å². The van der Waals surface area contributed by atoms with Gasteiger partial charge in [0.25, 0.3) is 0 Å². The average Bonchev–Trinajstić information content (AvgIpc) is 3.20. The molecule has 27 heavy (non-hydrogen) atoms. The predicted molar refractivity (Wildman–Crippen MR) is 111 cm³/mol. The van der Waals surface area contributed by atoms with Crippen molar-refractivity contribution in [3.8, 4) is 0 Å². The molecular weight excluding hydrogens is 330 g/mol. The van der Waals surface area contributed by atoms with Gasteiger partial charge in [0, 0.05) is 34.7 Å². The van der Waals surface area contributed by atoms with Gasteiger partial charge in [-0.15, -0.1) is 0 Å². The van der Waals surface area contributed by atoms with Crippen LogP contribution in [0.4, 0.5) is 0 Å². The van der Waals surface area contributed by atoms with Gasteiger partial charge in [-0.2, -0.15) is 0 Å². The Morgan fingerprint density at radius 3 is 2.11 bits per heavy atom. The van der Waals surface area contributed by atoms with Crippen molar-refractivity contribution in [3.63, 3.8) is 0 Å². The molecule has 6 aliphatic rings. The lowest BCUT2D eigenvalue weighted by Crippen LogP contribution is -2.57. The van der Waals surface area contributed by atoms with E-state index in [-0.39, 0.29) is 0 Å². The number of rotatable bonds is 4. The second-order valence-corrected chi connectivity index (χ2v) is 11.8. The van der Waals surface area contributed by atoms with Crippen LogP contribution >= 0.6 is 0 Å². The first-order valence-corrected chi connectivity index (χ1v) is 12.4. The summed E-state index contributed by atoms with van der Waals surface area (Å²) in [7, 11) is 0. The molecule has 3 heterocycles. The minimum Gasteiger partial charge on any atom is -0.308 e. The van der Waals surface area contributed by atoms with Crippen LogP contribution in [0.2, 0.25) is 0 Å². The predicted octanol–water partition coefficient (Wildman–Crippen LogP) is 4.26. The Morgan fingerprint density at radius 2 is 1.37 bits per heavy atom. The van der Waals surface area contributed by atoms with Gasteiger partial charge >= 0.3 is 0 Å². The van der Waals surface area contributed by atoms with Crippen molar-refractivity contribution in [3.05, 3.63) is 0 Å². The molecule has 3 nitrogen and oxygen atoms in total. The lowest BCUT2D eigenvalue weighted by molar-refractivity contribution is 0.0793. The number of hydrogen-bond acceptors (Lipinski definition) is 3. The second kappa shape index (κ2) is 6.19. The highest BCUT2D eigenvalue weighted by Crippen LogP contribution is 2.55. The highest BCUT2D eigenvalue weighted by Gasteiger charge is 2.58. The molecule has 6 fully saturated rings. The first-order chi connectivity index (χ1) is 13.1. The molecule has 3 aliphatic heterocycles. The highest BCUT2D eigenvalue weighted by atomic mass is 15.1. The van der Waals surface area contributed by atoms with Gasteiger partial charge in [0.05, 0.1) is 0 Å². The summed E-state index contributed by atoms with van der Waals surface area (Å²) in [6, 6.07) is 2.39. The molecule has 0 aromatic heterocycles. The monoisotopic (exact) mass is 371 g/mol. The van der Waals surface area contributed by atoms with Crippen LogP contribution in [0.1, 0.15) is 103 Å². The fourth-order valence-corrected chi connectivity index (χ4v) is 8.34. The maximum Gasteiger partial charge on any atom is 0.0217 e. The van der Waals surface area contributed by atoms with Crippen LogP contribution in [0.3, 0.4) is 0 Å². The highest BCUT2D eigenvalue weighted by molar-refractivity contribution is 5.17. The molecule has 3 N–H and O–H groups in total. The van der Waals surface area contributed by atoms with Crippen molar-refractivity contribution in [2.24, 2.45) is 11.8 Å². The molecule has 0 amide bonds. The second-order valence-electron chi connectivity index (χ2n) is 11.8. The standard InChI is InChI=1S/C24H41N3/c1-17-4-11-24(25-17)16-19(24)15-21-7-13-23(27-21)12-5-18(23)14-20-6-10-22(26-20)8-2-3-9-22/h17-21,25-27H,2-16H2,1H3. The van der Waals surface area contributed by atoms with Gasteiger partial charge in [0.1, 0.15) is 0 Å². The maximum absolute atomic E-state index is 4.22. The van der Waals surface area contributed by atoms with Gasteiger partial charge in [0.15, 0.2) is 0 Å². The SMILES string of the molecule is CC1CCC2(CC2CC2CCC3(CCC3CC3CCC4(CCCC4)N3)N2)N1. The molecule has 6 rings (SSSR count). The molecule has 3 heteroatoms. The van der Waals surface area contributed by atoms with E-state index in [4.69, 9.17) is 0 Å². The summed E-state index contributed by atoms with van der Waals surface area (Å²) in [6.45, 7) is 2.37. The van der Waals surface area contributed by atoms with Crippen molar-refractivity contribution in [1.82, 2.24) is 16.0 Å². The number of nitrogens with one attached hydrogen (secondary N) is 3. The molecule has 0 aromatic carbocycles. The van der Waals surface area contributed by atoms with E-state index >= 15 is 0 Å². The van der Waals surface area contributed by atoms with Crippen molar-refractivity contribution in [2.45, 2.75) is 138 Å². The summed E-state index contributed by atoms with van der Waals surface area (Å²) >= 11 is 0. The van der Waals surface area contributed by atoms with Crippen molar-refractivity contribution < 1.29 is 0 Å². The van der Waals surface area contributed by atoms with E-state index in [1.165, 1.54) is 96.3 Å². The minimum atomic E-state index is 0.538. The van der Waals surface area contributed by atoms with Crippen LogP contribution in [-0.2, 0) is 0 Å². The first kappa shape index (κ1) is 17.7. The Morgan fingerprint density at radius 1 is 0.667 bits per heavy atom. The summed E-state index contributed by atoms with van der Waals surface area (Å²) in [4.78, 5) is 0. The fourth-order valence-electron chi connectivity index (χ4n) is 8.34. The van der Waals surface area contributed by atoms with E-state index in [2.05, 4.69) is 22.9 Å². The third-order valence-electron chi connectivity index (χ3n) is 10.1. The van der Waals surface area contributed by atoms with Crippen molar-refractivity contribution >= 4 is 0 Å². The van der Waals surface area contributed by atoms with Crippen LogP contribution in [-0.4, -0.2) is 34.7 Å². The van der Waals surface area contributed by atoms with Crippen molar-refractivity contribution in [2.75, 3.05) is 0 Å². The Bertz CT molecular complexity index is 584. The molecule has 0 radical (unpaired) electrons. The van der Waals surface area contributed by atoms with Crippen molar-refractivity contribution in [1.29, 1.82) is 0 Å². The molecule has 7 unspecified atom stereocenters. The zero-order chi connectivity index (χ0) is 18.1. The lowest BCUT2D eigenvalue weighted by atomic mass is 9.63. The Hall–Kier alpha value is -0.120. The Labute approximate surface area is 166 Å². The molecule has 0 bridgehead atoms. The quantitative estimate of drug-likeness (QED) is 0.691. The van der Waals surface area contributed by atoms with Crippen LogP contribution in [0, 0.1) is 11.8 Å². The summed E-state index contributed by atoms with van der Waals surface area (Å²) in [5.74, 6) is 1.92. The van der Waals surface area contributed by atoms with Crippen LogP contribution < -0.4 is 16.0 Å². The molecule has 3 aliphatic carbocycles. The smallest absolute Gasteiger partial charge is 0.0217 e. The van der Waals surface area contributed by atoms with E-state index in [1.54, 1.807) is 0 Å².